The molecule has 3 rings (SSSR count). The van der Waals surface area contributed by atoms with Crippen LogP contribution in [0, 0.1) is 6.92 Å². The van der Waals surface area contributed by atoms with Crippen molar-refractivity contribution in [2.45, 2.75) is 13.5 Å². The number of halogens is 2. The van der Waals surface area contributed by atoms with E-state index in [2.05, 4.69) is 20.0 Å². The highest BCUT2D eigenvalue weighted by Crippen LogP contribution is 2.32. The molecule has 3 aromatic rings. The summed E-state index contributed by atoms with van der Waals surface area (Å²) in [5.74, 6) is 0.359. The minimum atomic E-state index is -2.93. The summed E-state index contributed by atoms with van der Waals surface area (Å²) < 4.78 is 36.5. The topological polar surface area (TPSA) is 66.0 Å². The SMILES string of the molecule is Cc1nn(C)cc1-c1nnc(-c2ccccc2OC(F)F)o1. The maximum atomic E-state index is 12.4. The minimum absolute atomic E-state index is 0.0180. The van der Waals surface area contributed by atoms with E-state index in [4.69, 9.17) is 4.42 Å². The van der Waals surface area contributed by atoms with Crippen LogP contribution < -0.4 is 4.74 Å². The van der Waals surface area contributed by atoms with E-state index in [1.54, 1.807) is 36.1 Å². The molecule has 0 saturated carbocycles. The number of hydrogen-bond acceptors (Lipinski definition) is 5. The van der Waals surface area contributed by atoms with Crippen molar-refractivity contribution in [3.63, 3.8) is 0 Å². The fourth-order valence-electron chi connectivity index (χ4n) is 2.09. The van der Waals surface area contributed by atoms with Crippen LogP contribution in [0.5, 0.6) is 5.75 Å². The molecular formula is C14H12F2N4O2. The van der Waals surface area contributed by atoms with Gasteiger partial charge in [-0.3, -0.25) is 4.68 Å². The standard InChI is InChI=1S/C14H12F2N4O2/c1-8-10(7-20(2)19-8)13-18-17-12(22-13)9-5-3-4-6-11(9)21-14(15)16/h3-7,14H,1-2H3. The van der Waals surface area contributed by atoms with Crippen LogP contribution in [0.4, 0.5) is 8.78 Å². The molecule has 0 fully saturated rings. The Morgan fingerprint density at radius 1 is 1.14 bits per heavy atom. The van der Waals surface area contributed by atoms with E-state index in [1.807, 2.05) is 6.92 Å². The van der Waals surface area contributed by atoms with Gasteiger partial charge in [0.15, 0.2) is 0 Å². The lowest BCUT2D eigenvalue weighted by Gasteiger charge is -2.07. The number of hydrogen-bond donors (Lipinski definition) is 0. The molecule has 0 N–H and O–H groups in total. The van der Waals surface area contributed by atoms with Gasteiger partial charge in [-0.05, 0) is 19.1 Å². The Labute approximate surface area is 124 Å². The number of rotatable bonds is 4. The number of alkyl halides is 2. The molecule has 0 unspecified atom stereocenters. The molecule has 8 heteroatoms. The number of nitrogens with zero attached hydrogens (tertiary/aromatic N) is 4. The van der Waals surface area contributed by atoms with Gasteiger partial charge in [-0.2, -0.15) is 13.9 Å². The summed E-state index contributed by atoms with van der Waals surface area (Å²) in [6.07, 6.45) is 1.74. The van der Waals surface area contributed by atoms with Gasteiger partial charge in [-0.15, -0.1) is 10.2 Å². The number of aromatic nitrogens is 4. The lowest BCUT2D eigenvalue weighted by Crippen LogP contribution is -2.03. The monoisotopic (exact) mass is 306 g/mol. The van der Waals surface area contributed by atoms with Crippen LogP contribution >= 0.6 is 0 Å². The summed E-state index contributed by atoms with van der Waals surface area (Å²) in [4.78, 5) is 0. The first-order valence-electron chi connectivity index (χ1n) is 6.43. The molecule has 0 atom stereocenters. The average molecular weight is 306 g/mol. The third-order valence-electron chi connectivity index (χ3n) is 3.00. The maximum Gasteiger partial charge on any atom is 0.387 e. The maximum absolute atomic E-state index is 12.4. The Morgan fingerprint density at radius 3 is 2.45 bits per heavy atom. The lowest BCUT2D eigenvalue weighted by molar-refractivity contribution is -0.0495. The average Bonchev–Trinajstić information content (AvgIpc) is 3.05. The quantitative estimate of drug-likeness (QED) is 0.741. The van der Waals surface area contributed by atoms with E-state index in [1.165, 1.54) is 6.07 Å². The molecule has 0 amide bonds. The van der Waals surface area contributed by atoms with Gasteiger partial charge in [-0.25, -0.2) is 0 Å². The van der Waals surface area contributed by atoms with Crippen molar-refractivity contribution in [1.29, 1.82) is 0 Å². The summed E-state index contributed by atoms with van der Waals surface area (Å²) in [6, 6.07) is 6.25. The van der Waals surface area contributed by atoms with Gasteiger partial charge in [0.05, 0.1) is 16.8 Å². The Kier molecular flexibility index (Phi) is 3.58. The molecule has 1 aromatic carbocycles. The molecule has 22 heavy (non-hydrogen) atoms. The van der Waals surface area contributed by atoms with Crippen molar-refractivity contribution in [2.75, 3.05) is 0 Å². The van der Waals surface area contributed by atoms with Crippen molar-refractivity contribution < 1.29 is 17.9 Å². The molecule has 2 heterocycles. The predicted molar refractivity (Wildman–Crippen MR) is 73.3 cm³/mol. The highest BCUT2D eigenvalue weighted by molar-refractivity contribution is 5.64. The van der Waals surface area contributed by atoms with Crippen LogP contribution in [0.15, 0.2) is 34.9 Å². The first-order chi connectivity index (χ1) is 10.5. The van der Waals surface area contributed by atoms with Gasteiger partial charge < -0.3 is 9.15 Å². The van der Waals surface area contributed by atoms with Gasteiger partial charge in [0, 0.05) is 13.2 Å². The molecular weight excluding hydrogens is 294 g/mol. The molecule has 0 radical (unpaired) electrons. The number of para-hydroxylation sites is 1. The van der Waals surface area contributed by atoms with E-state index in [-0.39, 0.29) is 17.5 Å². The molecule has 0 aliphatic heterocycles. The van der Waals surface area contributed by atoms with Gasteiger partial charge in [0.25, 0.3) is 11.8 Å². The van der Waals surface area contributed by atoms with Gasteiger partial charge >= 0.3 is 6.61 Å². The summed E-state index contributed by atoms with van der Waals surface area (Å²) in [7, 11) is 1.78. The first-order valence-corrected chi connectivity index (χ1v) is 6.43. The van der Waals surface area contributed by atoms with E-state index < -0.39 is 6.61 Å². The Bertz CT molecular complexity index is 798. The summed E-state index contributed by atoms with van der Waals surface area (Å²) in [5.41, 5.74) is 1.73. The van der Waals surface area contributed by atoms with Crippen molar-refractivity contribution in [1.82, 2.24) is 20.0 Å². The largest absolute Gasteiger partial charge is 0.434 e. The zero-order valence-electron chi connectivity index (χ0n) is 11.8. The van der Waals surface area contributed by atoms with Crippen molar-refractivity contribution in [3.8, 4) is 28.7 Å². The van der Waals surface area contributed by atoms with Crippen LogP contribution in [-0.2, 0) is 7.05 Å². The van der Waals surface area contributed by atoms with Crippen LogP contribution in [-0.4, -0.2) is 26.6 Å². The zero-order chi connectivity index (χ0) is 15.7. The Balaban J connectivity index is 1.99. The normalized spacial score (nSPS) is 11.1. The van der Waals surface area contributed by atoms with Crippen molar-refractivity contribution >= 4 is 0 Å². The summed E-state index contributed by atoms with van der Waals surface area (Å²) in [6.45, 7) is -1.11. The van der Waals surface area contributed by atoms with Gasteiger partial charge in [0.1, 0.15) is 5.75 Å². The number of benzene rings is 1. The highest BCUT2D eigenvalue weighted by atomic mass is 19.3. The first kappa shape index (κ1) is 14.2. The molecule has 6 nitrogen and oxygen atoms in total. The zero-order valence-corrected chi connectivity index (χ0v) is 11.8. The predicted octanol–water partition coefficient (Wildman–Crippen LogP) is 3.05. The van der Waals surface area contributed by atoms with Gasteiger partial charge in [0.2, 0.25) is 0 Å². The van der Waals surface area contributed by atoms with Crippen LogP contribution in [0.3, 0.4) is 0 Å². The second kappa shape index (κ2) is 5.55. The fourth-order valence-corrected chi connectivity index (χ4v) is 2.09. The van der Waals surface area contributed by atoms with Crippen LogP contribution in [0.25, 0.3) is 22.9 Å². The second-order valence-electron chi connectivity index (χ2n) is 4.59. The molecule has 0 bridgehead atoms. The number of ether oxygens (including phenoxy) is 1. The van der Waals surface area contributed by atoms with E-state index >= 15 is 0 Å². The Morgan fingerprint density at radius 2 is 1.82 bits per heavy atom. The number of aryl methyl sites for hydroxylation is 2. The fraction of sp³-hybridized carbons (Fsp3) is 0.214. The third kappa shape index (κ3) is 2.67. The molecule has 114 valence electrons. The summed E-state index contributed by atoms with van der Waals surface area (Å²) >= 11 is 0. The van der Waals surface area contributed by atoms with Crippen LogP contribution in [0.2, 0.25) is 0 Å². The van der Waals surface area contributed by atoms with Gasteiger partial charge in [-0.1, -0.05) is 12.1 Å². The minimum Gasteiger partial charge on any atom is -0.434 e. The smallest absolute Gasteiger partial charge is 0.387 e. The highest BCUT2D eigenvalue weighted by Gasteiger charge is 2.18. The van der Waals surface area contributed by atoms with E-state index in [9.17, 15) is 8.78 Å². The lowest BCUT2D eigenvalue weighted by atomic mass is 10.2. The van der Waals surface area contributed by atoms with Crippen LogP contribution in [0.1, 0.15) is 5.69 Å². The van der Waals surface area contributed by atoms with E-state index in [0.717, 1.165) is 5.69 Å². The second-order valence-corrected chi connectivity index (χ2v) is 4.59. The molecule has 0 aliphatic carbocycles. The third-order valence-corrected chi connectivity index (χ3v) is 3.00. The Hall–Kier alpha value is -2.77. The molecule has 0 spiro atoms. The molecule has 2 aromatic heterocycles. The van der Waals surface area contributed by atoms with E-state index in [0.29, 0.717) is 11.1 Å². The molecule has 0 aliphatic rings. The van der Waals surface area contributed by atoms with Crippen molar-refractivity contribution in [3.05, 3.63) is 36.2 Å². The van der Waals surface area contributed by atoms with Crippen molar-refractivity contribution in [2.24, 2.45) is 7.05 Å². The molecule has 0 saturated heterocycles. The summed E-state index contributed by atoms with van der Waals surface area (Å²) in [5, 5.41) is 12.0.